The molecule has 5 N–H and O–H groups in total. The summed E-state index contributed by atoms with van der Waals surface area (Å²) in [5.74, 6) is 1.48. The summed E-state index contributed by atoms with van der Waals surface area (Å²) in [4.78, 5) is 14.1. The lowest BCUT2D eigenvalue weighted by atomic mass is 10.1. The van der Waals surface area contributed by atoms with Crippen molar-refractivity contribution in [1.29, 1.82) is 0 Å². The van der Waals surface area contributed by atoms with Crippen molar-refractivity contribution in [2.45, 2.75) is 44.7 Å². The molecule has 0 fully saturated rings. The van der Waals surface area contributed by atoms with Crippen LogP contribution in [0.4, 0.5) is 0 Å². The number of nitrogens with two attached hydrogens (primary N) is 2. The molecule has 0 saturated carbocycles. The summed E-state index contributed by atoms with van der Waals surface area (Å²) < 4.78 is 10.7. The van der Waals surface area contributed by atoms with Gasteiger partial charge in [-0.25, -0.2) is 0 Å². The lowest BCUT2D eigenvalue weighted by molar-refractivity contribution is -0.123. The summed E-state index contributed by atoms with van der Waals surface area (Å²) in [5, 5.41) is 2.90. The molecule has 0 aliphatic carbocycles. The quantitative estimate of drug-likeness (QED) is 0.426. The second-order valence-corrected chi connectivity index (χ2v) is 6.59. The van der Waals surface area contributed by atoms with Gasteiger partial charge in [-0.2, -0.15) is 0 Å². The fraction of sp³-hybridized carbons (Fsp3) is 0.611. The standard InChI is InChI=1S/C18H30N4O3/c1-13(9-14-6-7-16-17(10-14)25-12-24-16)22(2)11-21-18(23)15(20)5-3-4-8-19/h6-7,10,13,15H,3-5,8-9,11-12,19-20H2,1-2H3,(H,21,23). The summed E-state index contributed by atoms with van der Waals surface area (Å²) in [6, 6.07) is 5.79. The smallest absolute Gasteiger partial charge is 0.237 e. The van der Waals surface area contributed by atoms with Gasteiger partial charge < -0.3 is 26.3 Å². The second kappa shape index (κ2) is 9.60. The fourth-order valence-corrected chi connectivity index (χ4v) is 2.69. The Labute approximate surface area is 149 Å². The highest BCUT2D eigenvalue weighted by Gasteiger charge is 2.17. The minimum Gasteiger partial charge on any atom is -0.454 e. The molecule has 0 radical (unpaired) electrons. The molecule has 1 amide bonds. The van der Waals surface area contributed by atoms with Gasteiger partial charge in [0.25, 0.3) is 0 Å². The number of likely N-dealkylation sites (N-methyl/N-ethyl adjacent to an activating group) is 1. The first-order chi connectivity index (χ1) is 12.0. The average molecular weight is 350 g/mol. The van der Waals surface area contributed by atoms with Crippen LogP contribution in [0, 0.1) is 0 Å². The number of hydrogen-bond acceptors (Lipinski definition) is 6. The maximum atomic E-state index is 12.0. The third-order valence-corrected chi connectivity index (χ3v) is 4.53. The van der Waals surface area contributed by atoms with Gasteiger partial charge in [0.05, 0.1) is 12.7 Å². The van der Waals surface area contributed by atoms with Crippen molar-refractivity contribution >= 4 is 5.91 Å². The minimum atomic E-state index is -0.468. The molecule has 140 valence electrons. The van der Waals surface area contributed by atoms with Gasteiger partial charge in [-0.1, -0.05) is 12.5 Å². The van der Waals surface area contributed by atoms with Crippen molar-refractivity contribution in [3.05, 3.63) is 23.8 Å². The van der Waals surface area contributed by atoms with Crippen LogP contribution in [-0.4, -0.2) is 49.9 Å². The Kier molecular flexibility index (Phi) is 7.49. The molecular weight excluding hydrogens is 320 g/mol. The van der Waals surface area contributed by atoms with Gasteiger partial charge in [0, 0.05) is 6.04 Å². The highest BCUT2D eigenvalue weighted by molar-refractivity contribution is 5.81. The highest BCUT2D eigenvalue weighted by Crippen LogP contribution is 2.32. The number of nitrogens with zero attached hydrogens (tertiary/aromatic N) is 1. The molecule has 1 aromatic carbocycles. The van der Waals surface area contributed by atoms with Gasteiger partial charge in [-0.05, 0) is 57.5 Å². The third-order valence-electron chi connectivity index (χ3n) is 4.53. The Bertz CT molecular complexity index is 567. The largest absolute Gasteiger partial charge is 0.454 e. The van der Waals surface area contributed by atoms with Crippen LogP contribution >= 0.6 is 0 Å². The molecule has 0 aromatic heterocycles. The Balaban J connectivity index is 1.74. The number of nitrogens with one attached hydrogen (secondary N) is 1. The van der Waals surface area contributed by atoms with Gasteiger partial charge in [0.1, 0.15) is 0 Å². The number of benzene rings is 1. The van der Waals surface area contributed by atoms with E-state index in [0.717, 1.165) is 30.8 Å². The van der Waals surface area contributed by atoms with E-state index in [4.69, 9.17) is 20.9 Å². The van der Waals surface area contributed by atoms with Crippen molar-refractivity contribution in [3.63, 3.8) is 0 Å². The summed E-state index contributed by atoms with van der Waals surface area (Å²) in [5.41, 5.74) is 12.5. The lowest BCUT2D eigenvalue weighted by Gasteiger charge is -2.25. The van der Waals surface area contributed by atoms with E-state index in [0.29, 0.717) is 19.6 Å². The van der Waals surface area contributed by atoms with Crippen LogP contribution < -0.4 is 26.3 Å². The van der Waals surface area contributed by atoms with Crippen LogP contribution in [0.2, 0.25) is 0 Å². The van der Waals surface area contributed by atoms with E-state index in [1.54, 1.807) is 0 Å². The molecule has 1 aliphatic heterocycles. The van der Waals surface area contributed by atoms with E-state index < -0.39 is 6.04 Å². The predicted octanol–water partition coefficient (Wildman–Crippen LogP) is 0.808. The van der Waals surface area contributed by atoms with E-state index in [1.165, 1.54) is 5.56 Å². The number of rotatable bonds is 10. The van der Waals surface area contributed by atoms with Crippen LogP contribution in [0.15, 0.2) is 18.2 Å². The van der Waals surface area contributed by atoms with Crippen LogP contribution in [0.1, 0.15) is 31.7 Å². The van der Waals surface area contributed by atoms with Gasteiger partial charge in [0.15, 0.2) is 11.5 Å². The Morgan fingerprint density at radius 1 is 1.32 bits per heavy atom. The van der Waals surface area contributed by atoms with E-state index in [2.05, 4.69) is 17.1 Å². The lowest BCUT2D eigenvalue weighted by Crippen LogP contribution is -2.46. The summed E-state index contributed by atoms with van der Waals surface area (Å²) in [6.07, 6.45) is 3.29. The van der Waals surface area contributed by atoms with Crippen LogP contribution in [-0.2, 0) is 11.2 Å². The molecule has 0 bridgehead atoms. The summed E-state index contributed by atoms with van der Waals surface area (Å²) in [7, 11) is 1.98. The molecule has 7 nitrogen and oxygen atoms in total. The first kappa shape index (κ1) is 19.5. The first-order valence-corrected chi connectivity index (χ1v) is 8.83. The van der Waals surface area contributed by atoms with Crippen molar-refractivity contribution in [2.75, 3.05) is 27.1 Å². The molecule has 0 spiro atoms. The summed E-state index contributed by atoms with van der Waals surface area (Å²) in [6.45, 7) is 3.51. The monoisotopic (exact) mass is 350 g/mol. The molecule has 2 rings (SSSR count). The Morgan fingerprint density at radius 3 is 2.84 bits per heavy atom. The van der Waals surface area contributed by atoms with Crippen LogP contribution in [0.5, 0.6) is 11.5 Å². The molecule has 2 atom stereocenters. The Hall–Kier alpha value is -1.83. The maximum absolute atomic E-state index is 12.0. The van der Waals surface area contributed by atoms with E-state index >= 15 is 0 Å². The van der Waals surface area contributed by atoms with Crippen molar-refractivity contribution in [2.24, 2.45) is 11.5 Å². The number of fused-ring (bicyclic) bond motifs is 1. The molecular formula is C18H30N4O3. The number of hydrogen-bond donors (Lipinski definition) is 3. The van der Waals surface area contributed by atoms with Crippen molar-refractivity contribution < 1.29 is 14.3 Å². The van der Waals surface area contributed by atoms with Crippen LogP contribution in [0.25, 0.3) is 0 Å². The van der Waals surface area contributed by atoms with Gasteiger partial charge >= 0.3 is 0 Å². The van der Waals surface area contributed by atoms with E-state index in [-0.39, 0.29) is 18.7 Å². The van der Waals surface area contributed by atoms with E-state index in [9.17, 15) is 4.79 Å². The Morgan fingerprint density at radius 2 is 2.08 bits per heavy atom. The number of ether oxygens (including phenoxy) is 2. The zero-order chi connectivity index (χ0) is 18.2. The molecule has 1 heterocycles. The van der Waals surface area contributed by atoms with Crippen molar-refractivity contribution in [1.82, 2.24) is 10.2 Å². The highest BCUT2D eigenvalue weighted by atomic mass is 16.7. The second-order valence-electron chi connectivity index (χ2n) is 6.59. The molecule has 1 aliphatic rings. The zero-order valence-corrected chi connectivity index (χ0v) is 15.2. The molecule has 0 saturated heterocycles. The molecule has 25 heavy (non-hydrogen) atoms. The zero-order valence-electron chi connectivity index (χ0n) is 15.2. The fourth-order valence-electron chi connectivity index (χ4n) is 2.69. The molecule has 1 aromatic rings. The topological polar surface area (TPSA) is 103 Å². The number of amides is 1. The number of carbonyl (C=O) groups is 1. The molecule has 7 heteroatoms. The SMILES string of the molecule is CC(Cc1ccc2c(c1)OCO2)N(C)CNC(=O)C(N)CCCCN. The van der Waals surface area contributed by atoms with Gasteiger partial charge in [-0.3, -0.25) is 9.69 Å². The number of unbranched alkanes of at least 4 members (excludes halogenated alkanes) is 1. The first-order valence-electron chi connectivity index (χ1n) is 8.83. The van der Waals surface area contributed by atoms with Gasteiger partial charge in [-0.15, -0.1) is 0 Å². The average Bonchev–Trinajstić information content (AvgIpc) is 3.07. The van der Waals surface area contributed by atoms with Crippen LogP contribution in [0.3, 0.4) is 0 Å². The third kappa shape index (κ3) is 5.88. The van der Waals surface area contributed by atoms with E-state index in [1.807, 2.05) is 25.2 Å². The van der Waals surface area contributed by atoms with Crippen molar-refractivity contribution in [3.8, 4) is 11.5 Å². The maximum Gasteiger partial charge on any atom is 0.237 e. The minimum absolute atomic E-state index is 0.112. The normalized spacial score (nSPS) is 15.2. The van der Waals surface area contributed by atoms with Gasteiger partial charge in [0.2, 0.25) is 12.7 Å². The number of carbonyl (C=O) groups excluding carboxylic acids is 1. The predicted molar refractivity (Wildman–Crippen MR) is 97.4 cm³/mol. The summed E-state index contributed by atoms with van der Waals surface area (Å²) >= 11 is 0. The molecule has 2 unspecified atom stereocenters.